The summed E-state index contributed by atoms with van der Waals surface area (Å²) in [6.07, 6.45) is 3.71. The smallest absolute Gasteiger partial charge is 0.228 e. The number of aryl methyl sites for hydroxylation is 2. The first-order valence-electron chi connectivity index (χ1n) is 10.4. The van der Waals surface area contributed by atoms with Crippen molar-refractivity contribution >= 4 is 28.6 Å². The summed E-state index contributed by atoms with van der Waals surface area (Å²) in [5.74, 6) is 4.03. The second kappa shape index (κ2) is 7.13. The Balaban J connectivity index is 1.36. The molecule has 0 saturated carbocycles. The van der Waals surface area contributed by atoms with Crippen LogP contribution in [0.15, 0.2) is 30.3 Å². The molecule has 2 aliphatic heterocycles. The molecule has 2 saturated heterocycles. The summed E-state index contributed by atoms with van der Waals surface area (Å²) in [6, 6.07) is 10.2. The topological polar surface area (TPSA) is 67.2 Å². The third-order valence-electron chi connectivity index (χ3n) is 6.05. The number of fused-ring (bicyclic) bond motifs is 1. The summed E-state index contributed by atoms with van der Waals surface area (Å²) in [5.41, 5.74) is 2.21. The SMILES string of the molecule is Cc1nc(N2CC(c3nc4ccccc4n3C)C2)cc(N2CCCCCC2=O)n1. The second-order valence-electron chi connectivity index (χ2n) is 8.11. The number of carbonyl (C=O) groups is 1. The lowest BCUT2D eigenvalue weighted by Gasteiger charge is -2.40. The highest BCUT2D eigenvalue weighted by atomic mass is 16.2. The van der Waals surface area contributed by atoms with Crippen molar-refractivity contribution in [3.8, 4) is 0 Å². The second-order valence-corrected chi connectivity index (χ2v) is 8.11. The van der Waals surface area contributed by atoms with Crippen LogP contribution in [0, 0.1) is 6.92 Å². The molecule has 2 aromatic heterocycles. The van der Waals surface area contributed by atoms with Crippen LogP contribution in [0.4, 0.5) is 11.6 Å². The van der Waals surface area contributed by atoms with Crippen LogP contribution in [0.1, 0.15) is 43.3 Å². The molecule has 0 unspecified atom stereocenters. The molecule has 29 heavy (non-hydrogen) atoms. The van der Waals surface area contributed by atoms with Crippen molar-refractivity contribution in [2.24, 2.45) is 7.05 Å². The van der Waals surface area contributed by atoms with Gasteiger partial charge in [-0.1, -0.05) is 18.6 Å². The fraction of sp³-hybridized carbons (Fsp3) is 0.455. The predicted molar refractivity (Wildman–Crippen MR) is 113 cm³/mol. The Morgan fingerprint density at radius 1 is 1.00 bits per heavy atom. The van der Waals surface area contributed by atoms with Crippen LogP contribution in [0.3, 0.4) is 0 Å². The van der Waals surface area contributed by atoms with E-state index < -0.39 is 0 Å². The van der Waals surface area contributed by atoms with Crippen molar-refractivity contribution in [1.29, 1.82) is 0 Å². The lowest BCUT2D eigenvalue weighted by Crippen LogP contribution is -2.46. The molecule has 1 aromatic carbocycles. The van der Waals surface area contributed by atoms with Gasteiger partial charge in [0.1, 0.15) is 23.3 Å². The lowest BCUT2D eigenvalue weighted by atomic mass is 9.99. The van der Waals surface area contributed by atoms with Gasteiger partial charge in [0.25, 0.3) is 0 Å². The van der Waals surface area contributed by atoms with Gasteiger partial charge in [-0.2, -0.15) is 0 Å². The molecule has 0 N–H and O–H groups in total. The molecule has 2 aliphatic rings. The fourth-order valence-corrected chi connectivity index (χ4v) is 4.42. The molecular formula is C22H26N6O. The number of para-hydroxylation sites is 2. The van der Waals surface area contributed by atoms with Crippen LogP contribution >= 0.6 is 0 Å². The third-order valence-corrected chi connectivity index (χ3v) is 6.05. The molecule has 1 amide bonds. The molecule has 7 nitrogen and oxygen atoms in total. The highest BCUT2D eigenvalue weighted by Crippen LogP contribution is 2.33. The number of amides is 1. The Hall–Kier alpha value is -2.96. The molecule has 4 heterocycles. The summed E-state index contributed by atoms with van der Waals surface area (Å²) in [7, 11) is 2.09. The number of nitrogens with zero attached hydrogens (tertiary/aromatic N) is 6. The number of hydrogen-bond donors (Lipinski definition) is 0. The van der Waals surface area contributed by atoms with Gasteiger partial charge in [-0.15, -0.1) is 0 Å². The first-order valence-corrected chi connectivity index (χ1v) is 10.4. The maximum absolute atomic E-state index is 12.5. The van der Waals surface area contributed by atoms with Gasteiger partial charge >= 0.3 is 0 Å². The summed E-state index contributed by atoms with van der Waals surface area (Å²) in [6.45, 7) is 4.40. The van der Waals surface area contributed by atoms with E-state index in [4.69, 9.17) is 4.98 Å². The highest BCUT2D eigenvalue weighted by Gasteiger charge is 2.33. The number of anilines is 2. The van der Waals surface area contributed by atoms with Gasteiger partial charge in [0.2, 0.25) is 5.91 Å². The lowest BCUT2D eigenvalue weighted by molar-refractivity contribution is -0.118. The van der Waals surface area contributed by atoms with Crippen molar-refractivity contribution in [2.45, 2.75) is 38.5 Å². The number of rotatable bonds is 3. The predicted octanol–water partition coefficient (Wildman–Crippen LogP) is 3.18. The number of imidazole rings is 1. The van der Waals surface area contributed by atoms with E-state index in [1.54, 1.807) is 0 Å². The number of hydrogen-bond acceptors (Lipinski definition) is 5. The minimum absolute atomic E-state index is 0.174. The van der Waals surface area contributed by atoms with E-state index in [-0.39, 0.29) is 5.91 Å². The van der Waals surface area contributed by atoms with E-state index in [0.29, 0.717) is 18.2 Å². The zero-order valence-electron chi connectivity index (χ0n) is 17.0. The number of aromatic nitrogens is 4. The molecule has 7 heteroatoms. The maximum atomic E-state index is 12.5. The summed E-state index contributed by atoms with van der Waals surface area (Å²) in [5, 5.41) is 0. The fourth-order valence-electron chi connectivity index (χ4n) is 4.42. The molecule has 3 aromatic rings. The molecule has 5 rings (SSSR count). The zero-order chi connectivity index (χ0) is 20.0. The van der Waals surface area contributed by atoms with Crippen molar-refractivity contribution in [2.75, 3.05) is 29.4 Å². The van der Waals surface area contributed by atoms with Gasteiger partial charge in [-0.05, 0) is 31.9 Å². The first kappa shape index (κ1) is 18.1. The van der Waals surface area contributed by atoms with Crippen LogP contribution in [0.2, 0.25) is 0 Å². The first-order chi connectivity index (χ1) is 14.1. The quantitative estimate of drug-likeness (QED) is 0.687. The third kappa shape index (κ3) is 3.24. The number of carbonyl (C=O) groups excluding carboxylic acids is 1. The Labute approximate surface area is 170 Å². The monoisotopic (exact) mass is 390 g/mol. The minimum atomic E-state index is 0.174. The Morgan fingerprint density at radius 2 is 1.79 bits per heavy atom. The minimum Gasteiger partial charge on any atom is -0.355 e. The average molecular weight is 390 g/mol. The average Bonchev–Trinajstić information content (AvgIpc) is 2.84. The molecule has 150 valence electrons. The molecule has 0 radical (unpaired) electrons. The van der Waals surface area contributed by atoms with Crippen LogP contribution < -0.4 is 9.80 Å². The Morgan fingerprint density at radius 3 is 2.62 bits per heavy atom. The summed E-state index contributed by atoms with van der Waals surface area (Å²) >= 11 is 0. The van der Waals surface area contributed by atoms with E-state index in [9.17, 15) is 4.79 Å². The molecule has 2 fully saturated rings. The van der Waals surface area contributed by atoms with E-state index in [0.717, 1.165) is 61.9 Å². The summed E-state index contributed by atoms with van der Waals surface area (Å²) < 4.78 is 2.20. The molecule has 0 spiro atoms. The van der Waals surface area contributed by atoms with Crippen molar-refractivity contribution in [3.05, 3.63) is 42.0 Å². The van der Waals surface area contributed by atoms with Crippen LogP contribution in [0.25, 0.3) is 11.0 Å². The standard InChI is InChI=1S/C22H26N6O/c1-15-23-19(12-20(24-15)28-11-7-3-4-10-21(28)29)27-13-16(14-27)22-25-17-8-5-6-9-18(17)26(22)2/h5-6,8-9,12,16H,3-4,7,10-11,13-14H2,1-2H3. The van der Waals surface area contributed by atoms with E-state index in [2.05, 4.69) is 44.7 Å². The molecule has 0 bridgehead atoms. The Bertz CT molecular complexity index is 1070. The molecule has 0 aliphatic carbocycles. The normalized spacial score (nSPS) is 18.2. The van der Waals surface area contributed by atoms with E-state index in [1.807, 2.05) is 24.0 Å². The van der Waals surface area contributed by atoms with Gasteiger partial charge in [-0.3, -0.25) is 9.69 Å². The van der Waals surface area contributed by atoms with Crippen molar-refractivity contribution in [1.82, 2.24) is 19.5 Å². The highest BCUT2D eigenvalue weighted by molar-refractivity contribution is 5.93. The van der Waals surface area contributed by atoms with Gasteiger partial charge < -0.3 is 9.47 Å². The van der Waals surface area contributed by atoms with Gasteiger partial charge in [0, 0.05) is 39.2 Å². The van der Waals surface area contributed by atoms with Crippen LogP contribution in [-0.2, 0) is 11.8 Å². The molecular weight excluding hydrogens is 364 g/mol. The maximum Gasteiger partial charge on any atom is 0.228 e. The van der Waals surface area contributed by atoms with Crippen molar-refractivity contribution < 1.29 is 4.79 Å². The molecule has 0 atom stereocenters. The van der Waals surface area contributed by atoms with Gasteiger partial charge in [0.05, 0.1) is 17.0 Å². The largest absolute Gasteiger partial charge is 0.355 e. The van der Waals surface area contributed by atoms with Crippen LogP contribution in [-0.4, -0.2) is 45.1 Å². The zero-order valence-corrected chi connectivity index (χ0v) is 17.0. The van der Waals surface area contributed by atoms with Crippen LogP contribution in [0.5, 0.6) is 0 Å². The van der Waals surface area contributed by atoms with Gasteiger partial charge in [0.15, 0.2) is 0 Å². The summed E-state index contributed by atoms with van der Waals surface area (Å²) in [4.78, 5) is 30.6. The van der Waals surface area contributed by atoms with Gasteiger partial charge in [-0.25, -0.2) is 15.0 Å². The van der Waals surface area contributed by atoms with Crippen molar-refractivity contribution in [3.63, 3.8) is 0 Å². The van der Waals surface area contributed by atoms with E-state index >= 15 is 0 Å². The number of benzene rings is 1. The van der Waals surface area contributed by atoms with E-state index in [1.165, 1.54) is 5.52 Å². The Kier molecular flexibility index (Phi) is 4.45.